The van der Waals surface area contributed by atoms with Crippen LogP contribution in [0.15, 0.2) is 30.5 Å². The van der Waals surface area contributed by atoms with Crippen molar-refractivity contribution in [2.24, 2.45) is 0 Å². The van der Waals surface area contributed by atoms with Gasteiger partial charge in [0.05, 0.1) is 11.9 Å². The number of nitrogens with zero attached hydrogens (tertiary/aromatic N) is 2. The van der Waals surface area contributed by atoms with Crippen molar-refractivity contribution in [2.45, 2.75) is 25.8 Å². The van der Waals surface area contributed by atoms with Gasteiger partial charge in [-0.3, -0.25) is 14.7 Å². The van der Waals surface area contributed by atoms with Crippen LogP contribution in [0.2, 0.25) is 0 Å². The number of nitrogens with one attached hydrogen (secondary N) is 3. The van der Waals surface area contributed by atoms with Crippen LogP contribution in [0.5, 0.6) is 0 Å². The summed E-state index contributed by atoms with van der Waals surface area (Å²) in [7, 11) is 2.08. The molecule has 1 aromatic carbocycles. The number of rotatable bonds is 4. The molecule has 0 spiro atoms. The first-order valence-electron chi connectivity index (χ1n) is 8.43. The summed E-state index contributed by atoms with van der Waals surface area (Å²) in [4.78, 5) is 27.1. The van der Waals surface area contributed by atoms with Gasteiger partial charge >= 0.3 is 0 Å². The first-order chi connectivity index (χ1) is 12.0. The predicted molar refractivity (Wildman–Crippen MR) is 95.7 cm³/mol. The Morgan fingerprint density at radius 2 is 1.84 bits per heavy atom. The lowest BCUT2D eigenvalue weighted by Gasteiger charge is -2.29. The van der Waals surface area contributed by atoms with Crippen LogP contribution >= 0.6 is 0 Å². The monoisotopic (exact) mass is 341 g/mol. The van der Waals surface area contributed by atoms with E-state index in [-0.39, 0.29) is 23.6 Å². The molecule has 0 saturated carbocycles. The minimum absolute atomic E-state index is 0.146. The van der Waals surface area contributed by atoms with Crippen molar-refractivity contribution in [2.75, 3.05) is 25.5 Å². The van der Waals surface area contributed by atoms with Gasteiger partial charge in [0.1, 0.15) is 5.69 Å². The van der Waals surface area contributed by atoms with Gasteiger partial charge in [-0.15, -0.1) is 0 Å². The Bertz CT molecular complexity index is 745. The molecule has 3 N–H and O–H groups in total. The molecule has 7 heteroatoms. The summed E-state index contributed by atoms with van der Waals surface area (Å²) in [6.45, 7) is 3.89. The van der Waals surface area contributed by atoms with Gasteiger partial charge in [0, 0.05) is 11.6 Å². The number of benzene rings is 1. The van der Waals surface area contributed by atoms with Crippen LogP contribution in [0, 0.1) is 6.92 Å². The molecule has 3 rings (SSSR count). The highest BCUT2D eigenvalue weighted by molar-refractivity contribution is 6.08. The summed E-state index contributed by atoms with van der Waals surface area (Å²) in [6, 6.07) is 7.40. The van der Waals surface area contributed by atoms with Crippen LogP contribution in [-0.4, -0.2) is 53.1 Å². The summed E-state index contributed by atoms with van der Waals surface area (Å²) in [6.07, 6.45) is 3.29. The average Bonchev–Trinajstić information content (AvgIpc) is 3.05. The van der Waals surface area contributed by atoms with E-state index in [4.69, 9.17) is 0 Å². The molecule has 2 aromatic rings. The van der Waals surface area contributed by atoms with E-state index < -0.39 is 0 Å². The van der Waals surface area contributed by atoms with E-state index in [1.807, 2.05) is 19.1 Å². The second-order valence-corrected chi connectivity index (χ2v) is 6.53. The summed E-state index contributed by atoms with van der Waals surface area (Å²) < 4.78 is 0. The number of aromatic nitrogens is 2. The Hall–Kier alpha value is -2.67. The fourth-order valence-corrected chi connectivity index (χ4v) is 2.86. The quantitative estimate of drug-likeness (QED) is 0.791. The van der Waals surface area contributed by atoms with Crippen molar-refractivity contribution in [3.63, 3.8) is 0 Å². The first-order valence-corrected chi connectivity index (χ1v) is 8.43. The van der Waals surface area contributed by atoms with Crippen LogP contribution < -0.4 is 10.6 Å². The van der Waals surface area contributed by atoms with E-state index >= 15 is 0 Å². The van der Waals surface area contributed by atoms with E-state index in [1.165, 1.54) is 6.20 Å². The van der Waals surface area contributed by atoms with Crippen LogP contribution in [0.4, 0.5) is 5.69 Å². The molecule has 1 aromatic heterocycles. The summed E-state index contributed by atoms with van der Waals surface area (Å²) in [5.41, 5.74) is 2.28. The number of aryl methyl sites for hydroxylation is 1. The maximum Gasteiger partial charge on any atom is 0.271 e. The topological polar surface area (TPSA) is 90.1 Å². The molecule has 0 bridgehead atoms. The molecule has 132 valence electrons. The van der Waals surface area contributed by atoms with Gasteiger partial charge in [-0.2, -0.15) is 5.10 Å². The molecule has 0 radical (unpaired) electrons. The SMILES string of the molecule is Cc1ccc(C(=O)Nc2cn[nH]c2C(=O)NC2CCN(C)CC2)cc1. The van der Waals surface area contributed by atoms with Crippen molar-refractivity contribution in [1.29, 1.82) is 0 Å². The Morgan fingerprint density at radius 3 is 2.52 bits per heavy atom. The highest BCUT2D eigenvalue weighted by atomic mass is 16.2. The standard InChI is InChI=1S/C18H23N5O2/c1-12-3-5-13(6-4-12)17(24)21-15-11-19-22-16(15)18(25)20-14-7-9-23(2)10-8-14/h3-6,11,14H,7-10H2,1-2H3,(H,19,22)(H,20,25)(H,21,24). The number of carbonyl (C=O) groups is 2. The molecule has 2 amide bonds. The lowest BCUT2D eigenvalue weighted by Crippen LogP contribution is -2.43. The number of hydrogen-bond donors (Lipinski definition) is 3. The third-order valence-corrected chi connectivity index (χ3v) is 4.48. The van der Waals surface area contributed by atoms with E-state index in [9.17, 15) is 9.59 Å². The zero-order valence-electron chi connectivity index (χ0n) is 14.5. The van der Waals surface area contributed by atoms with E-state index in [2.05, 4.69) is 32.8 Å². The minimum atomic E-state index is -0.269. The Labute approximate surface area is 146 Å². The Balaban J connectivity index is 1.64. The molecule has 1 fully saturated rings. The number of piperidine rings is 1. The molecule has 1 aliphatic heterocycles. The number of aromatic amines is 1. The van der Waals surface area contributed by atoms with Crippen LogP contribution in [0.3, 0.4) is 0 Å². The number of anilines is 1. The van der Waals surface area contributed by atoms with Crippen molar-refractivity contribution >= 4 is 17.5 Å². The molecule has 1 saturated heterocycles. The number of likely N-dealkylation sites (tertiary alicyclic amines) is 1. The van der Waals surface area contributed by atoms with Crippen LogP contribution in [0.1, 0.15) is 39.3 Å². The molecule has 7 nitrogen and oxygen atoms in total. The lowest BCUT2D eigenvalue weighted by atomic mass is 10.1. The second kappa shape index (κ2) is 7.48. The number of hydrogen-bond acceptors (Lipinski definition) is 4. The summed E-state index contributed by atoms with van der Waals surface area (Å²) in [5.74, 6) is -0.513. The number of H-pyrrole nitrogens is 1. The Morgan fingerprint density at radius 1 is 1.16 bits per heavy atom. The molecule has 0 unspecified atom stereocenters. The summed E-state index contributed by atoms with van der Waals surface area (Å²) >= 11 is 0. The van der Waals surface area contributed by atoms with E-state index in [0.29, 0.717) is 11.3 Å². The average molecular weight is 341 g/mol. The minimum Gasteiger partial charge on any atom is -0.348 e. The van der Waals surface area contributed by atoms with Gasteiger partial charge in [0.2, 0.25) is 0 Å². The molecule has 0 aliphatic carbocycles. The normalized spacial score (nSPS) is 15.8. The van der Waals surface area contributed by atoms with Gasteiger partial charge in [-0.25, -0.2) is 0 Å². The number of carbonyl (C=O) groups excluding carboxylic acids is 2. The fraction of sp³-hybridized carbons (Fsp3) is 0.389. The highest BCUT2D eigenvalue weighted by Gasteiger charge is 2.22. The van der Waals surface area contributed by atoms with E-state index in [1.54, 1.807) is 12.1 Å². The predicted octanol–water partition coefficient (Wildman–Crippen LogP) is 1.79. The zero-order chi connectivity index (χ0) is 17.8. The van der Waals surface area contributed by atoms with Crippen LogP contribution in [0.25, 0.3) is 0 Å². The van der Waals surface area contributed by atoms with Gasteiger partial charge in [-0.05, 0) is 52.0 Å². The van der Waals surface area contributed by atoms with Crippen LogP contribution in [-0.2, 0) is 0 Å². The third-order valence-electron chi connectivity index (χ3n) is 4.48. The van der Waals surface area contributed by atoms with Crippen molar-refractivity contribution in [1.82, 2.24) is 20.4 Å². The highest BCUT2D eigenvalue weighted by Crippen LogP contribution is 2.15. The second-order valence-electron chi connectivity index (χ2n) is 6.53. The van der Waals surface area contributed by atoms with Crippen molar-refractivity contribution in [3.05, 3.63) is 47.3 Å². The van der Waals surface area contributed by atoms with Crippen molar-refractivity contribution < 1.29 is 9.59 Å². The molecule has 0 atom stereocenters. The fourth-order valence-electron chi connectivity index (χ4n) is 2.86. The molecule has 25 heavy (non-hydrogen) atoms. The number of amides is 2. The molecular weight excluding hydrogens is 318 g/mol. The van der Waals surface area contributed by atoms with Gasteiger partial charge in [0.15, 0.2) is 0 Å². The zero-order valence-corrected chi connectivity index (χ0v) is 14.5. The smallest absolute Gasteiger partial charge is 0.271 e. The summed E-state index contributed by atoms with van der Waals surface area (Å²) in [5, 5.41) is 12.3. The lowest BCUT2D eigenvalue weighted by molar-refractivity contribution is 0.0912. The first kappa shape index (κ1) is 17.2. The maximum atomic E-state index is 12.5. The molecular formula is C18H23N5O2. The van der Waals surface area contributed by atoms with E-state index in [0.717, 1.165) is 31.5 Å². The van der Waals surface area contributed by atoms with Crippen molar-refractivity contribution in [3.8, 4) is 0 Å². The van der Waals surface area contributed by atoms with Gasteiger partial charge < -0.3 is 15.5 Å². The Kier molecular flexibility index (Phi) is 5.14. The van der Waals surface area contributed by atoms with Gasteiger partial charge in [-0.1, -0.05) is 17.7 Å². The third kappa shape index (κ3) is 4.24. The largest absolute Gasteiger partial charge is 0.348 e. The van der Waals surface area contributed by atoms with Gasteiger partial charge in [0.25, 0.3) is 11.8 Å². The molecule has 2 heterocycles. The maximum absolute atomic E-state index is 12.5. The molecule has 1 aliphatic rings.